The van der Waals surface area contributed by atoms with Gasteiger partial charge >= 0.3 is 5.97 Å². The zero-order valence-corrected chi connectivity index (χ0v) is 8.78. The zero-order chi connectivity index (χ0) is 10.8. The van der Waals surface area contributed by atoms with Crippen LogP contribution in [-0.4, -0.2) is 18.1 Å². The van der Waals surface area contributed by atoms with Crippen molar-refractivity contribution in [3.63, 3.8) is 0 Å². The van der Waals surface area contributed by atoms with Crippen molar-refractivity contribution in [1.82, 2.24) is 4.98 Å². The minimum absolute atomic E-state index is 0.378. The minimum Gasteiger partial charge on any atom is -0.465 e. The average Bonchev–Trinajstić information content (AvgIpc) is 2.28. The van der Waals surface area contributed by atoms with Gasteiger partial charge in [-0.2, -0.15) is 0 Å². The molecule has 0 aliphatic heterocycles. The van der Waals surface area contributed by atoms with Crippen molar-refractivity contribution in [2.45, 2.75) is 0 Å². The lowest BCUT2D eigenvalue weighted by molar-refractivity contribution is 0.0601. The number of carbonyl (C=O) groups is 1. The lowest BCUT2D eigenvalue weighted by Crippen LogP contribution is -2.00. The summed E-state index contributed by atoms with van der Waals surface area (Å²) in [6, 6.07) is 6.77. The highest BCUT2D eigenvalue weighted by Crippen LogP contribution is 2.22. The maximum absolute atomic E-state index is 11.3. The number of hydrogen-bond acceptors (Lipinski definition) is 3. The molecule has 0 fully saturated rings. The second kappa shape index (κ2) is 3.87. The SMILES string of the molecule is COC(=O)c1ccc2nccc(Cl)c2c1. The average molecular weight is 222 g/mol. The first-order valence-corrected chi connectivity index (χ1v) is 4.73. The second-order valence-corrected chi connectivity index (χ2v) is 3.42. The standard InChI is InChI=1S/C11H8ClNO2/c1-15-11(14)7-2-3-10-8(6-7)9(12)4-5-13-10/h2-6H,1H3. The van der Waals surface area contributed by atoms with E-state index in [4.69, 9.17) is 11.6 Å². The molecule has 0 saturated carbocycles. The monoisotopic (exact) mass is 221 g/mol. The van der Waals surface area contributed by atoms with Crippen molar-refractivity contribution in [1.29, 1.82) is 0 Å². The molecule has 0 saturated heterocycles. The number of pyridine rings is 1. The van der Waals surface area contributed by atoms with Crippen molar-refractivity contribution in [2.24, 2.45) is 0 Å². The Balaban J connectivity index is 2.64. The topological polar surface area (TPSA) is 39.2 Å². The quantitative estimate of drug-likeness (QED) is 0.695. The predicted molar refractivity (Wildman–Crippen MR) is 58.1 cm³/mol. The summed E-state index contributed by atoms with van der Waals surface area (Å²) >= 11 is 5.98. The Morgan fingerprint density at radius 3 is 2.93 bits per heavy atom. The van der Waals surface area contributed by atoms with Crippen LogP contribution in [0.4, 0.5) is 0 Å². The second-order valence-electron chi connectivity index (χ2n) is 3.02. The molecule has 15 heavy (non-hydrogen) atoms. The van der Waals surface area contributed by atoms with Crippen LogP contribution < -0.4 is 0 Å². The summed E-state index contributed by atoms with van der Waals surface area (Å²) in [7, 11) is 1.34. The lowest BCUT2D eigenvalue weighted by atomic mass is 10.1. The molecule has 1 heterocycles. The molecule has 1 aromatic heterocycles. The fraction of sp³-hybridized carbons (Fsp3) is 0.0909. The van der Waals surface area contributed by atoms with Gasteiger partial charge in [0.25, 0.3) is 0 Å². The van der Waals surface area contributed by atoms with Gasteiger partial charge in [0.1, 0.15) is 0 Å². The van der Waals surface area contributed by atoms with Crippen LogP contribution in [0.1, 0.15) is 10.4 Å². The van der Waals surface area contributed by atoms with Gasteiger partial charge in [-0.3, -0.25) is 4.98 Å². The molecule has 0 unspecified atom stereocenters. The summed E-state index contributed by atoms with van der Waals surface area (Å²) in [6.07, 6.45) is 1.63. The van der Waals surface area contributed by atoms with E-state index in [1.54, 1.807) is 30.5 Å². The third-order valence-corrected chi connectivity index (χ3v) is 2.44. The Labute approximate surface area is 91.6 Å². The van der Waals surface area contributed by atoms with E-state index in [0.717, 1.165) is 10.9 Å². The molecule has 0 atom stereocenters. The number of carbonyl (C=O) groups excluding carboxylic acids is 1. The number of halogens is 1. The number of fused-ring (bicyclic) bond motifs is 1. The minimum atomic E-state index is -0.378. The van der Waals surface area contributed by atoms with Crippen molar-refractivity contribution in [3.05, 3.63) is 41.0 Å². The van der Waals surface area contributed by atoms with Crippen LogP contribution in [0.2, 0.25) is 5.02 Å². The van der Waals surface area contributed by atoms with Crippen molar-refractivity contribution >= 4 is 28.5 Å². The number of hydrogen-bond donors (Lipinski definition) is 0. The summed E-state index contributed by atoms with van der Waals surface area (Å²) in [6.45, 7) is 0. The molecule has 0 aliphatic carbocycles. The Morgan fingerprint density at radius 2 is 2.20 bits per heavy atom. The van der Waals surface area contributed by atoms with E-state index >= 15 is 0 Å². The van der Waals surface area contributed by atoms with Gasteiger partial charge in [0, 0.05) is 11.6 Å². The first kappa shape index (κ1) is 9.93. The summed E-state index contributed by atoms with van der Waals surface area (Å²) in [5.41, 5.74) is 1.23. The van der Waals surface area contributed by atoms with Crippen molar-refractivity contribution < 1.29 is 9.53 Å². The maximum atomic E-state index is 11.3. The van der Waals surface area contributed by atoms with Gasteiger partial charge < -0.3 is 4.74 Å². The van der Waals surface area contributed by atoms with Gasteiger partial charge in [-0.15, -0.1) is 0 Å². The van der Waals surface area contributed by atoms with Gasteiger partial charge in [0.15, 0.2) is 0 Å². The Bertz CT molecular complexity index is 525. The van der Waals surface area contributed by atoms with Gasteiger partial charge in [-0.05, 0) is 24.3 Å². The van der Waals surface area contributed by atoms with Crippen LogP contribution in [0.5, 0.6) is 0 Å². The molecular formula is C11H8ClNO2. The third kappa shape index (κ3) is 1.78. The molecule has 0 amide bonds. The van der Waals surface area contributed by atoms with Crippen molar-refractivity contribution in [2.75, 3.05) is 7.11 Å². The number of rotatable bonds is 1. The fourth-order valence-electron chi connectivity index (χ4n) is 1.36. The predicted octanol–water partition coefficient (Wildman–Crippen LogP) is 2.67. The van der Waals surface area contributed by atoms with Gasteiger partial charge in [-0.25, -0.2) is 4.79 Å². The highest BCUT2D eigenvalue weighted by molar-refractivity contribution is 6.35. The summed E-state index contributed by atoms with van der Waals surface area (Å²) < 4.78 is 4.62. The smallest absolute Gasteiger partial charge is 0.337 e. The van der Waals surface area contributed by atoms with E-state index in [2.05, 4.69) is 9.72 Å². The summed E-state index contributed by atoms with van der Waals surface area (Å²) in [5, 5.41) is 1.33. The normalized spacial score (nSPS) is 10.3. The highest BCUT2D eigenvalue weighted by atomic mass is 35.5. The number of benzene rings is 1. The van der Waals surface area contributed by atoms with Crippen LogP contribution >= 0.6 is 11.6 Å². The van der Waals surface area contributed by atoms with Crippen molar-refractivity contribution in [3.8, 4) is 0 Å². The van der Waals surface area contributed by atoms with Crippen LogP contribution in [0.15, 0.2) is 30.5 Å². The van der Waals surface area contributed by atoms with E-state index < -0.39 is 0 Å². The first-order valence-electron chi connectivity index (χ1n) is 4.35. The molecule has 3 nitrogen and oxygen atoms in total. The largest absolute Gasteiger partial charge is 0.465 e. The lowest BCUT2D eigenvalue weighted by Gasteiger charge is -2.02. The number of ether oxygens (including phenoxy) is 1. The van der Waals surface area contributed by atoms with Crippen LogP contribution in [0.25, 0.3) is 10.9 Å². The van der Waals surface area contributed by atoms with Crippen LogP contribution in [0.3, 0.4) is 0 Å². The molecule has 4 heteroatoms. The number of aromatic nitrogens is 1. The Morgan fingerprint density at radius 1 is 1.40 bits per heavy atom. The van der Waals surface area contributed by atoms with Gasteiger partial charge in [-0.1, -0.05) is 11.6 Å². The zero-order valence-electron chi connectivity index (χ0n) is 8.03. The summed E-state index contributed by atoms with van der Waals surface area (Å²) in [4.78, 5) is 15.4. The number of nitrogens with zero attached hydrogens (tertiary/aromatic N) is 1. The molecule has 0 bridgehead atoms. The molecule has 0 aliphatic rings. The van der Waals surface area contributed by atoms with Gasteiger partial charge in [0.2, 0.25) is 0 Å². The van der Waals surface area contributed by atoms with Crippen LogP contribution in [0, 0.1) is 0 Å². The molecule has 76 valence electrons. The maximum Gasteiger partial charge on any atom is 0.337 e. The van der Waals surface area contributed by atoms with E-state index in [0.29, 0.717) is 10.6 Å². The van der Waals surface area contributed by atoms with Crippen LogP contribution in [-0.2, 0) is 4.74 Å². The Kier molecular flexibility index (Phi) is 2.56. The van der Waals surface area contributed by atoms with E-state index in [-0.39, 0.29) is 5.97 Å². The summed E-state index contributed by atoms with van der Waals surface area (Å²) in [5.74, 6) is -0.378. The number of methoxy groups -OCH3 is 1. The fourth-order valence-corrected chi connectivity index (χ4v) is 1.57. The van der Waals surface area contributed by atoms with E-state index in [9.17, 15) is 4.79 Å². The molecule has 1 aromatic carbocycles. The molecule has 2 aromatic rings. The number of esters is 1. The molecule has 0 spiro atoms. The third-order valence-electron chi connectivity index (χ3n) is 2.11. The van der Waals surface area contributed by atoms with Gasteiger partial charge in [0.05, 0.1) is 23.2 Å². The highest BCUT2D eigenvalue weighted by Gasteiger charge is 2.07. The molecule has 0 N–H and O–H groups in total. The Hall–Kier alpha value is -1.61. The molecule has 2 rings (SSSR count). The molecular weight excluding hydrogens is 214 g/mol. The first-order chi connectivity index (χ1) is 7.22. The van der Waals surface area contributed by atoms with E-state index in [1.807, 2.05) is 0 Å². The molecule has 0 radical (unpaired) electrons. The van der Waals surface area contributed by atoms with E-state index in [1.165, 1.54) is 7.11 Å².